The standard InChI is InChI=1S/C23H26N2O3S2/c1-5-16-7-12-19-20(13-16)30-23(25(19)14-21(26)28-6-2)24-22(27)17-8-10-18(11-9-17)29-15(3)4/h7-13,15H,5-6,14H2,1-4H3. The molecule has 0 aliphatic rings. The first-order valence-electron chi connectivity index (χ1n) is 10.0. The molecular formula is C23H26N2O3S2. The number of esters is 1. The van der Waals surface area contributed by atoms with Crippen molar-refractivity contribution in [1.29, 1.82) is 0 Å². The van der Waals surface area contributed by atoms with Gasteiger partial charge >= 0.3 is 5.97 Å². The lowest BCUT2D eigenvalue weighted by Gasteiger charge is -2.06. The van der Waals surface area contributed by atoms with Crippen LogP contribution in [0.4, 0.5) is 0 Å². The first-order valence-corrected chi connectivity index (χ1v) is 11.7. The maximum atomic E-state index is 12.8. The predicted molar refractivity (Wildman–Crippen MR) is 123 cm³/mol. The molecule has 0 aliphatic carbocycles. The molecule has 5 nitrogen and oxygen atoms in total. The van der Waals surface area contributed by atoms with E-state index in [0.717, 1.165) is 21.5 Å². The van der Waals surface area contributed by atoms with Crippen molar-refractivity contribution in [2.45, 2.75) is 50.8 Å². The number of aryl methyl sites for hydroxylation is 1. The largest absolute Gasteiger partial charge is 0.465 e. The molecule has 3 rings (SSSR count). The van der Waals surface area contributed by atoms with Crippen LogP contribution in [0, 0.1) is 0 Å². The molecule has 0 fully saturated rings. The van der Waals surface area contributed by atoms with E-state index in [2.05, 4.69) is 31.8 Å². The van der Waals surface area contributed by atoms with Crippen molar-refractivity contribution in [2.24, 2.45) is 4.99 Å². The molecule has 30 heavy (non-hydrogen) atoms. The van der Waals surface area contributed by atoms with Gasteiger partial charge in [0.25, 0.3) is 5.91 Å². The number of thiazole rings is 1. The first-order chi connectivity index (χ1) is 14.4. The number of aromatic nitrogens is 1. The summed E-state index contributed by atoms with van der Waals surface area (Å²) in [6.45, 7) is 8.47. The summed E-state index contributed by atoms with van der Waals surface area (Å²) < 4.78 is 7.87. The minimum absolute atomic E-state index is 0.0232. The van der Waals surface area contributed by atoms with Crippen LogP contribution in [-0.4, -0.2) is 28.3 Å². The first kappa shape index (κ1) is 22.3. The lowest BCUT2D eigenvalue weighted by Crippen LogP contribution is -2.23. The molecule has 7 heteroatoms. The van der Waals surface area contributed by atoms with E-state index >= 15 is 0 Å². The van der Waals surface area contributed by atoms with Crippen LogP contribution in [0.25, 0.3) is 10.2 Å². The summed E-state index contributed by atoms with van der Waals surface area (Å²) in [5.41, 5.74) is 2.60. The fourth-order valence-corrected chi connectivity index (χ4v) is 4.94. The van der Waals surface area contributed by atoms with Gasteiger partial charge in [-0.15, -0.1) is 11.8 Å². The van der Waals surface area contributed by atoms with E-state index in [1.54, 1.807) is 35.4 Å². The molecule has 1 aromatic heterocycles. The summed E-state index contributed by atoms with van der Waals surface area (Å²) in [7, 11) is 0. The second kappa shape index (κ2) is 10.1. The van der Waals surface area contributed by atoms with Gasteiger partial charge in [-0.1, -0.05) is 38.2 Å². The predicted octanol–water partition coefficient (Wildman–Crippen LogP) is 5.07. The van der Waals surface area contributed by atoms with E-state index in [0.29, 0.717) is 22.2 Å². The topological polar surface area (TPSA) is 60.7 Å². The number of carbonyl (C=O) groups excluding carboxylic acids is 2. The number of ether oxygens (including phenoxy) is 1. The zero-order valence-electron chi connectivity index (χ0n) is 17.7. The van der Waals surface area contributed by atoms with Crippen molar-refractivity contribution < 1.29 is 14.3 Å². The molecule has 0 aliphatic heterocycles. The normalized spacial score (nSPS) is 12.0. The van der Waals surface area contributed by atoms with Gasteiger partial charge in [-0.25, -0.2) is 0 Å². The van der Waals surface area contributed by atoms with Crippen LogP contribution in [-0.2, 0) is 22.5 Å². The summed E-state index contributed by atoms with van der Waals surface area (Å²) >= 11 is 3.16. The second-order valence-electron chi connectivity index (χ2n) is 7.04. The van der Waals surface area contributed by atoms with Crippen LogP contribution in [0.2, 0.25) is 0 Å². The van der Waals surface area contributed by atoms with E-state index < -0.39 is 0 Å². The molecule has 158 valence electrons. The van der Waals surface area contributed by atoms with Gasteiger partial charge < -0.3 is 9.30 Å². The van der Waals surface area contributed by atoms with Crippen molar-refractivity contribution in [1.82, 2.24) is 4.57 Å². The van der Waals surface area contributed by atoms with E-state index in [1.165, 1.54) is 16.9 Å². The highest BCUT2D eigenvalue weighted by Crippen LogP contribution is 2.23. The van der Waals surface area contributed by atoms with Crippen molar-refractivity contribution >= 4 is 45.2 Å². The Morgan fingerprint density at radius 3 is 2.50 bits per heavy atom. The number of thioether (sulfide) groups is 1. The monoisotopic (exact) mass is 442 g/mol. The fraction of sp³-hybridized carbons (Fsp3) is 0.348. The third-order valence-corrected chi connectivity index (χ3v) is 6.48. The van der Waals surface area contributed by atoms with Gasteiger partial charge in [-0.3, -0.25) is 9.59 Å². The van der Waals surface area contributed by atoms with Gasteiger partial charge in [-0.2, -0.15) is 4.99 Å². The summed E-state index contributed by atoms with van der Waals surface area (Å²) in [6, 6.07) is 13.6. The average molecular weight is 443 g/mol. The molecule has 0 saturated carbocycles. The quantitative estimate of drug-likeness (QED) is 0.379. The number of nitrogens with zero attached hydrogens (tertiary/aromatic N) is 2. The Balaban J connectivity index is 2.00. The molecule has 0 N–H and O–H groups in total. The van der Waals surface area contributed by atoms with E-state index in [1.807, 2.05) is 24.3 Å². The SMILES string of the molecule is CCOC(=O)Cn1c(=NC(=O)c2ccc(SC(C)C)cc2)sc2cc(CC)ccc21. The van der Waals surface area contributed by atoms with Crippen LogP contribution in [0.15, 0.2) is 52.4 Å². The number of carbonyl (C=O) groups is 2. The highest BCUT2D eigenvalue weighted by atomic mass is 32.2. The molecule has 0 bridgehead atoms. The molecule has 0 radical (unpaired) electrons. The number of benzene rings is 2. The fourth-order valence-electron chi connectivity index (χ4n) is 3.01. The average Bonchev–Trinajstić information content (AvgIpc) is 3.04. The van der Waals surface area contributed by atoms with E-state index in [4.69, 9.17) is 4.74 Å². The number of amides is 1. The van der Waals surface area contributed by atoms with Gasteiger partial charge in [0.2, 0.25) is 0 Å². The lowest BCUT2D eigenvalue weighted by molar-refractivity contribution is -0.143. The molecule has 0 spiro atoms. The van der Waals surface area contributed by atoms with Crippen molar-refractivity contribution in [3.63, 3.8) is 0 Å². The third-order valence-electron chi connectivity index (χ3n) is 4.42. The summed E-state index contributed by atoms with van der Waals surface area (Å²) in [5, 5.41) is 0.477. The highest BCUT2D eigenvalue weighted by Gasteiger charge is 2.13. The van der Waals surface area contributed by atoms with Gasteiger partial charge in [0, 0.05) is 15.7 Å². The Bertz CT molecular complexity index is 1110. The summed E-state index contributed by atoms with van der Waals surface area (Å²) in [5.74, 6) is -0.670. The Morgan fingerprint density at radius 1 is 1.13 bits per heavy atom. The Hall–Kier alpha value is -2.38. The Kier molecular flexibility index (Phi) is 7.50. The number of fused-ring (bicyclic) bond motifs is 1. The van der Waals surface area contributed by atoms with Crippen molar-refractivity contribution in [3.05, 3.63) is 58.4 Å². The van der Waals surface area contributed by atoms with E-state index in [9.17, 15) is 9.59 Å². The van der Waals surface area contributed by atoms with Gasteiger partial charge in [0.05, 0.1) is 16.8 Å². The second-order valence-corrected chi connectivity index (χ2v) is 9.70. The van der Waals surface area contributed by atoms with Gasteiger partial charge in [0.15, 0.2) is 4.80 Å². The molecule has 0 atom stereocenters. The lowest BCUT2D eigenvalue weighted by atomic mass is 10.2. The summed E-state index contributed by atoms with van der Waals surface area (Å²) in [4.78, 5) is 30.9. The molecule has 2 aromatic carbocycles. The zero-order valence-corrected chi connectivity index (χ0v) is 19.3. The molecule has 1 amide bonds. The molecule has 3 aromatic rings. The molecule has 1 heterocycles. The van der Waals surface area contributed by atoms with Crippen molar-refractivity contribution in [3.8, 4) is 0 Å². The van der Waals surface area contributed by atoms with Crippen LogP contribution < -0.4 is 4.80 Å². The van der Waals surface area contributed by atoms with Crippen LogP contribution >= 0.6 is 23.1 Å². The van der Waals surface area contributed by atoms with Crippen LogP contribution in [0.5, 0.6) is 0 Å². The maximum absolute atomic E-state index is 12.8. The number of rotatable bonds is 7. The molecule has 0 unspecified atom stereocenters. The number of hydrogen-bond donors (Lipinski definition) is 0. The molecular weight excluding hydrogens is 416 g/mol. The Morgan fingerprint density at radius 2 is 1.87 bits per heavy atom. The Labute approximate surface area is 184 Å². The summed E-state index contributed by atoms with van der Waals surface area (Å²) in [6.07, 6.45) is 0.915. The highest BCUT2D eigenvalue weighted by molar-refractivity contribution is 7.99. The van der Waals surface area contributed by atoms with Crippen LogP contribution in [0.3, 0.4) is 0 Å². The zero-order chi connectivity index (χ0) is 21.7. The maximum Gasteiger partial charge on any atom is 0.326 e. The molecule has 0 saturated heterocycles. The van der Waals surface area contributed by atoms with Crippen LogP contribution in [0.1, 0.15) is 43.6 Å². The van der Waals surface area contributed by atoms with Gasteiger partial charge in [0.1, 0.15) is 6.54 Å². The minimum atomic E-state index is -0.347. The minimum Gasteiger partial charge on any atom is -0.465 e. The third kappa shape index (κ3) is 5.40. The van der Waals surface area contributed by atoms with E-state index in [-0.39, 0.29) is 18.4 Å². The number of hydrogen-bond acceptors (Lipinski definition) is 5. The van der Waals surface area contributed by atoms with Gasteiger partial charge in [-0.05, 0) is 55.3 Å². The smallest absolute Gasteiger partial charge is 0.326 e. The van der Waals surface area contributed by atoms with Crippen molar-refractivity contribution in [2.75, 3.05) is 6.61 Å².